The summed E-state index contributed by atoms with van der Waals surface area (Å²) in [5, 5.41) is 0. The van der Waals surface area contributed by atoms with Crippen molar-refractivity contribution in [3.63, 3.8) is 0 Å². The molecule has 110 valence electrons. The highest BCUT2D eigenvalue weighted by molar-refractivity contribution is 5.21. The summed E-state index contributed by atoms with van der Waals surface area (Å²) in [6, 6.07) is 21.0. The van der Waals surface area contributed by atoms with Crippen LogP contribution in [0.25, 0.3) is 0 Å². The van der Waals surface area contributed by atoms with E-state index in [0.717, 1.165) is 25.4 Å². The van der Waals surface area contributed by atoms with Crippen molar-refractivity contribution in [1.29, 1.82) is 0 Å². The van der Waals surface area contributed by atoms with Gasteiger partial charge in [0.15, 0.2) is 0 Å². The van der Waals surface area contributed by atoms with Crippen molar-refractivity contribution in [2.24, 2.45) is 0 Å². The quantitative estimate of drug-likeness (QED) is 0.823. The van der Waals surface area contributed by atoms with Gasteiger partial charge in [0.2, 0.25) is 0 Å². The lowest BCUT2D eigenvalue weighted by Gasteiger charge is -2.32. The zero-order valence-corrected chi connectivity index (χ0v) is 12.4. The maximum atomic E-state index is 5.81. The molecular formula is C19H23NO. The van der Waals surface area contributed by atoms with Gasteiger partial charge >= 0.3 is 0 Å². The van der Waals surface area contributed by atoms with Crippen molar-refractivity contribution in [3.05, 3.63) is 66.2 Å². The minimum Gasteiger partial charge on any atom is -0.492 e. The van der Waals surface area contributed by atoms with E-state index in [1.165, 1.54) is 24.9 Å². The Morgan fingerprint density at radius 1 is 0.952 bits per heavy atom. The number of likely N-dealkylation sites (tertiary alicyclic amines) is 1. The van der Waals surface area contributed by atoms with E-state index in [1.807, 2.05) is 30.3 Å². The molecule has 1 saturated heterocycles. The minimum absolute atomic E-state index is 0.677. The molecule has 0 N–H and O–H groups in total. The number of hydrogen-bond donors (Lipinski definition) is 0. The van der Waals surface area contributed by atoms with Crippen molar-refractivity contribution in [3.8, 4) is 5.75 Å². The second-order valence-corrected chi connectivity index (χ2v) is 5.71. The van der Waals surface area contributed by atoms with Crippen LogP contribution in [0.5, 0.6) is 5.75 Å². The SMILES string of the molecule is c1ccc(OCCN2CCC[C@@H](c3ccccc3)C2)cc1. The van der Waals surface area contributed by atoms with Gasteiger partial charge in [-0.2, -0.15) is 0 Å². The summed E-state index contributed by atoms with van der Waals surface area (Å²) in [4.78, 5) is 2.53. The second-order valence-electron chi connectivity index (χ2n) is 5.71. The number of para-hydroxylation sites is 1. The fourth-order valence-electron chi connectivity index (χ4n) is 3.07. The first-order valence-electron chi connectivity index (χ1n) is 7.87. The molecule has 0 bridgehead atoms. The molecule has 0 saturated carbocycles. The van der Waals surface area contributed by atoms with Crippen LogP contribution in [0.2, 0.25) is 0 Å². The molecule has 21 heavy (non-hydrogen) atoms. The predicted octanol–water partition coefficient (Wildman–Crippen LogP) is 3.95. The van der Waals surface area contributed by atoms with Crippen molar-refractivity contribution in [2.45, 2.75) is 18.8 Å². The molecule has 0 aromatic heterocycles. The lowest BCUT2D eigenvalue weighted by Crippen LogP contribution is -2.37. The maximum absolute atomic E-state index is 5.81. The first-order valence-corrected chi connectivity index (χ1v) is 7.87. The Bertz CT molecular complexity index is 526. The van der Waals surface area contributed by atoms with Gasteiger partial charge in [-0.05, 0) is 43.0 Å². The summed E-state index contributed by atoms with van der Waals surface area (Å²) in [5.41, 5.74) is 1.48. The van der Waals surface area contributed by atoms with Gasteiger partial charge < -0.3 is 4.74 Å². The topological polar surface area (TPSA) is 12.5 Å². The number of nitrogens with zero attached hydrogens (tertiary/aromatic N) is 1. The van der Waals surface area contributed by atoms with Crippen LogP contribution >= 0.6 is 0 Å². The number of piperidine rings is 1. The van der Waals surface area contributed by atoms with Crippen LogP contribution in [-0.4, -0.2) is 31.1 Å². The Kier molecular flexibility index (Phi) is 4.90. The van der Waals surface area contributed by atoms with E-state index in [2.05, 4.69) is 35.2 Å². The third kappa shape index (κ3) is 4.08. The van der Waals surface area contributed by atoms with Crippen LogP contribution in [0, 0.1) is 0 Å². The van der Waals surface area contributed by atoms with E-state index in [0.29, 0.717) is 5.92 Å². The summed E-state index contributed by atoms with van der Waals surface area (Å²) in [6.07, 6.45) is 2.59. The van der Waals surface area contributed by atoms with Crippen LogP contribution in [0.1, 0.15) is 24.3 Å². The van der Waals surface area contributed by atoms with Gasteiger partial charge in [0.05, 0.1) is 0 Å². The van der Waals surface area contributed by atoms with Crippen LogP contribution < -0.4 is 4.74 Å². The molecule has 0 radical (unpaired) electrons. The minimum atomic E-state index is 0.677. The Hall–Kier alpha value is -1.80. The molecule has 0 spiro atoms. The van der Waals surface area contributed by atoms with Gasteiger partial charge in [-0.1, -0.05) is 48.5 Å². The predicted molar refractivity (Wildman–Crippen MR) is 86.8 cm³/mol. The van der Waals surface area contributed by atoms with Crippen LogP contribution in [0.15, 0.2) is 60.7 Å². The highest BCUT2D eigenvalue weighted by atomic mass is 16.5. The van der Waals surface area contributed by atoms with Gasteiger partial charge in [0.1, 0.15) is 12.4 Å². The summed E-state index contributed by atoms with van der Waals surface area (Å²) in [5.74, 6) is 1.64. The van der Waals surface area contributed by atoms with Crippen LogP contribution in [0.4, 0.5) is 0 Å². The third-order valence-corrected chi connectivity index (χ3v) is 4.20. The standard InChI is InChI=1S/C19H23NO/c1-3-8-17(9-4-1)18-10-7-13-20(16-18)14-15-21-19-11-5-2-6-12-19/h1-6,8-9,11-12,18H,7,10,13-16H2/t18-/m1/s1. The molecule has 2 nitrogen and oxygen atoms in total. The van der Waals surface area contributed by atoms with Crippen LogP contribution in [0.3, 0.4) is 0 Å². The molecule has 1 aliphatic rings. The van der Waals surface area contributed by atoms with Gasteiger partial charge in [-0.3, -0.25) is 4.90 Å². The molecule has 1 atom stereocenters. The zero-order chi connectivity index (χ0) is 14.3. The molecule has 3 rings (SSSR count). The highest BCUT2D eigenvalue weighted by Crippen LogP contribution is 2.26. The molecular weight excluding hydrogens is 258 g/mol. The zero-order valence-electron chi connectivity index (χ0n) is 12.4. The molecule has 0 amide bonds. The van der Waals surface area contributed by atoms with Gasteiger partial charge in [-0.15, -0.1) is 0 Å². The maximum Gasteiger partial charge on any atom is 0.119 e. The number of benzene rings is 2. The summed E-state index contributed by atoms with van der Waals surface area (Å²) >= 11 is 0. The molecule has 2 aromatic rings. The normalized spacial score (nSPS) is 19.3. The lowest BCUT2D eigenvalue weighted by atomic mass is 9.91. The molecule has 1 heterocycles. The second kappa shape index (κ2) is 7.28. The summed E-state index contributed by atoms with van der Waals surface area (Å²) < 4.78 is 5.81. The molecule has 0 unspecified atom stereocenters. The van der Waals surface area contributed by atoms with Crippen LogP contribution in [-0.2, 0) is 0 Å². The Morgan fingerprint density at radius 2 is 1.67 bits per heavy atom. The van der Waals surface area contributed by atoms with E-state index in [-0.39, 0.29) is 0 Å². The van der Waals surface area contributed by atoms with Crippen molar-refractivity contribution in [2.75, 3.05) is 26.2 Å². The van der Waals surface area contributed by atoms with Crippen molar-refractivity contribution in [1.82, 2.24) is 4.90 Å². The van der Waals surface area contributed by atoms with E-state index in [9.17, 15) is 0 Å². The van der Waals surface area contributed by atoms with Gasteiger partial charge in [0.25, 0.3) is 0 Å². The van der Waals surface area contributed by atoms with E-state index >= 15 is 0 Å². The monoisotopic (exact) mass is 281 g/mol. The molecule has 2 heteroatoms. The summed E-state index contributed by atoms with van der Waals surface area (Å²) in [7, 11) is 0. The van der Waals surface area contributed by atoms with E-state index in [1.54, 1.807) is 0 Å². The van der Waals surface area contributed by atoms with E-state index < -0.39 is 0 Å². The molecule has 2 aromatic carbocycles. The Labute approximate surface area is 127 Å². The van der Waals surface area contributed by atoms with Crippen molar-refractivity contribution >= 4 is 0 Å². The highest BCUT2D eigenvalue weighted by Gasteiger charge is 2.20. The third-order valence-electron chi connectivity index (χ3n) is 4.20. The van der Waals surface area contributed by atoms with Crippen molar-refractivity contribution < 1.29 is 4.74 Å². The van der Waals surface area contributed by atoms with Gasteiger partial charge in [0, 0.05) is 13.1 Å². The first kappa shape index (κ1) is 14.2. The summed E-state index contributed by atoms with van der Waals surface area (Å²) in [6.45, 7) is 4.13. The lowest BCUT2D eigenvalue weighted by molar-refractivity contribution is 0.170. The average molecular weight is 281 g/mol. The van der Waals surface area contributed by atoms with E-state index in [4.69, 9.17) is 4.74 Å². The number of ether oxygens (including phenoxy) is 1. The van der Waals surface area contributed by atoms with Gasteiger partial charge in [-0.25, -0.2) is 0 Å². The average Bonchev–Trinajstić information content (AvgIpc) is 2.57. The fraction of sp³-hybridized carbons (Fsp3) is 0.368. The number of hydrogen-bond acceptors (Lipinski definition) is 2. The Morgan fingerprint density at radius 3 is 2.43 bits per heavy atom. The first-order chi connectivity index (χ1) is 10.4. The fourth-order valence-corrected chi connectivity index (χ4v) is 3.07. The Balaban J connectivity index is 1.48. The molecule has 0 aliphatic carbocycles. The molecule has 1 aliphatic heterocycles. The smallest absolute Gasteiger partial charge is 0.119 e. The molecule has 1 fully saturated rings. The largest absolute Gasteiger partial charge is 0.492 e. The number of rotatable bonds is 5.